The van der Waals surface area contributed by atoms with Crippen molar-refractivity contribution >= 4 is 32.4 Å². The van der Waals surface area contributed by atoms with Crippen LogP contribution in [0.4, 0.5) is 0 Å². The maximum Gasteiger partial charge on any atom is 0.0965 e. The quantitative estimate of drug-likeness (QED) is 0.811. The van der Waals surface area contributed by atoms with E-state index in [9.17, 15) is 0 Å². The molecule has 2 aromatic carbocycles. The van der Waals surface area contributed by atoms with Crippen LogP contribution in [-0.4, -0.2) is 0 Å². The molecule has 17 heavy (non-hydrogen) atoms. The van der Waals surface area contributed by atoms with Gasteiger partial charge in [-0.25, -0.2) is 0 Å². The summed E-state index contributed by atoms with van der Waals surface area (Å²) in [6.07, 6.45) is 0. The lowest BCUT2D eigenvalue weighted by Gasteiger charge is -2.05. The highest BCUT2D eigenvalue weighted by molar-refractivity contribution is 9.10. The summed E-state index contributed by atoms with van der Waals surface area (Å²) < 4.78 is 1.05. The molecule has 0 fully saturated rings. The fraction of sp³-hybridized carbons (Fsp3) is 0.0714. The molecule has 0 radical (unpaired) electrons. The molecule has 0 atom stereocenters. The number of halogens is 1. The molecule has 0 aromatic heterocycles. The Morgan fingerprint density at radius 3 is 2.53 bits per heavy atom. The fourth-order valence-electron chi connectivity index (χ4n) is 1.66. The minimum atomic E-state index is 0.539. The smallest absolute Gasteiger partial charge is 0.0965 e. The summed E-state index contributed by atoms with van der Waals surface area (Å²) in [4.78, 5) is 0. The molecule has 84 valence electrons. The molecule has 0 aliphatic heterocycles. The van der Waals surface area contributed by atoms with Crippen LogP contribution in [0, 0.1) is 11.3 Å². The normalized spacial score (nSPS) is 12.1. The lowest BCUT2D eigenvalue weighted by molar-refractivity contribution is 1.40. The topological polar surface area (TPSA) is 49.8 Å². The average Bonchev–Trinajstić information content (AvgIpc) is 2.36. The molecule has 0 aliphatic rings. The minimum Gasteiger partial charge on any atom is -0.397 e. The van der Waals surface area contributed by atoms with Crippen LogP contribution in [0.1, 0.15) is 12.5 Å². The molecule has 0 bridgehead atoms. The Hall–Kier alpha value is -1.79. The van der Waals surface area contributed by atoms with E-state index in [4.69, 9.17) is 11.0 Å². The van der Waals surface area contributed by atoms with Crippen molar-refractivity contribution in [2.75, 3.05) is 0 Å². The van der Waals surface area contributed by atoms with Crippen LogP contribution in [0.5, 0.6) is 0 Å². The molecule has 0 saturated carbocycles. The van der Waals surface area contributed by atoms with Gasteiger partial charge in [0.1, 0.15) is 0 Å². The van der Waals surface area contributed by atoms with Crippen molar-refractivity contribution < 1.29 is 0 Å². The van der Waals surface area contributed by atoms with Crippen LogP contribution in [0.2, 0.25) is 0 Å². The van der Waals surface area contributed by atoms with E-state index in [1.165, 1.54) is 0 Å². The van der Waals surface area contributed by atoms with Crippen LogP contribution in [0.3, 0.4) is 0 Å². The number of nitriles is 1. The number of allylic oxidation sites excluding steroid dienone is 1. The molecular weight excluding hydrogens is 276 g/mol. The lowest BCUT2D eigenvalue weighted by atomic mass is 10.0. The van der Waals surface area contributed by atoms with Crippen LogP contribution in [-0.2, 0) is 0 Å². The molecule has 2 aromatic rings. The lowest BCUT2D eigenvalue weighted by Crippen LogP contribution is -1.98. The van der Waals surface area contributed by atoms with E-state index < -0.39 is 0 Å². The van der Waals surface area contributed by atoms with Crippen LogP contribution in [0.25, 0.3) is 16.5 Å². The number of hydrogen-bond acceptors (Lipinski definition) is 2. The van der Waals surface area contributed by atoms with E-state index in [0.29, 0.717) is 11.3 Å². The van der Waals surface area contributed by atoms with Gasteiger partial charge < -0.3 is 5.73 Å². The zero-order valence-electron chi connectivity index (χ0n) is 9.37. The second-order valence-electron chi connectivity index (χ2n) is 3.86. The Balaban J connectivity index is 2.61. The van der Waals surface area contributed by atoms with E-state index in [-0.39, 0.29) is 0 Å². The third kappa shape index (κ3) is 2.32. The monoisotopic (exact) mass is 286 g/mol. The Kier molecular flexibility index (Phi) is 3.16. The highest BCUT2D eigenvalue weighted by Crippen LogP contribution is 2.23. The molecular formula is C14H11BrN2. The molecule has 3 heteroatoms. The first kappa shape index (κ1) is 11.7. The van der Waals surface area contributed by atoms with E-state index in [0.717, 1.165) is 20.8 Å². The Morgan fingerprint density at radius 2 is 1.82 bits per heavy atom. The van der Waals surface area contributed by atoms with Gasteiger partial charge in [0.15, 0.2) is 0 Å². The Labute approximate surface area is 108 Å². The van der Waals surface area contributed by atoms with Crippen LogP contribution in [0.15, 0.2) is 46.4 Å². The summed E-state index contributed by atoms with van der Waals surface area (Å²) in [6.45, 7) is 1.72. The predicted octanol–water partition coefficient (Wildman–Crippen LogP) is 3.82. The molecule has 2 N–H and O–H groups in total. The largest absolute Gasteiger partial charge is 0.397 e. The third-order valence-electron chi connectivity index (χ3n) is 2.69. The standard InChI is InChI=1S/C14H11BrN2/c1-9(8-16)14(17)12-3-2-11-7-13(15)5-4-10(11)6-12/h2-7H,17H2,1H3/b14-9-. The molecule has 0 aliphatic carbocycles. The second-order valence-corrected chi connectivity index (χ2v) is 4.77. The third-order valence-corrected chi connectivity index (χ3v) is 3.18. The zero-order chi connectivity index (χ0) is 12.4. The summed E-state index contributed by atoms with van der Waals surface area (Å²) in [6, 6.07) is 14.1. The molecule has 0 saturated heterocycles. The van der Waals surface area contributed by atoms with E-state index in [1.807, 2.05) is 30.3 Å². The number of nitrogens with zero attached hydrogens (tertiary/aromatic N) is 1. The molecule has 2 rings (SSSR count). The maximum atomic E-state index is 8.82. The molecule has 2 nitrogen and oxygen atoms in total. The van der Waals surface area contributed by atoms with Gasteiger partial charge >= 0.3 is 0 Å². The average molecular weight is 287 g/mol. The summed E-state index contributed by atoms with van der Waals surface area (Å²) in [5.74, 6) is 0. The summed E-state index contributed by atoms with van der Waals surface area (Å²) >= 11 is 3.44. The van der Waals surface area contributed by atoms with Crippen molar-refractivity contribution in [3.8, 4) is 6.07 Å². The van der Waals surface area contributed by atoms with Gasteiger partial charge in [0.2, 0.25) is 0 Å². The van der Waals surface area contributed by atoms with Crippen molar-refractivity contribution in [1.29, 1.82) is 5.26 Å². The first-order chi connectivity index (χ1) is 8.11. The minimum absolute atomic E-state index is 0.539. The van der Waals surface area contributed by atoms with Gasteiger partial charge in [0, 0.05) is 10.0 Å². The number of hydrogen-bond donors (Lipinski definition) is 1. The number of fused-ring (bicyclic) bond motifs is 1. The van der Waals surface area contributed by atoms with Gasteiger partial charge in [-0.05, 0) is 41.5 Å². The van der Waals surface area contributed by atoms with Gasteiger partial charge in [-0.15, -0.1) is 0 Å². The van der Waals surface area contributed by atoms with Crippen molar-refractivity contribution in [3.05, 3.63) is 52.0 Å². The van der Waals surface area contributed by atoms with Crippen molar-refractivity contribution in [2.45, 2.75) is 6.92 Å². The molecule has 0 heterocycles. The highest BCUT2D eigenvalue weighted by atomic mass is 79.9. The first-order valence-electron chi connectivity index (χ1n) is 5.18. The van der Waals surface area contributed by atoms with Gasteiger partial charge in [0.05, 0.1) is 11.8 Å². The van der Waals surface area contributed by atoms with Gasteiger partial charge in [-0.3, -0.25) is 0 Å². The Morgan fingerprint density at radius 1 is 1.18 bits per heavy atom. The molecule has 0 amide bonds. The SMILES string of the molecule is C/C(C#N)=C(/N)c1ccc2cc(Br)ccc2c1. The van der Waals surface area contributed by atoms with Gasteiger partial charge in [-0.1, -0.05) is 34.1 Å². The molecule has 0 spiro atoms. The predicted molar refractivity (Wildman–Crippen MR) is 74.0 cm³/mol. The van der Waals surface area contributed by atoms with Crippen molar-refractivity contribution in [1.82, 2.24) is 0 Å². The summed E-state index contributed by atoms with van der Waals surface area (Å²) in [5.41, 5.74) is 7.89. The van der Waals surface area contributed by atoms with E-state index in [2.05, 4.69) is 28.1 Å². The molecule has 0 unspecified atom stereocenters. The van der Waals surface area contributed by atoms with Gasteiger partial charge in [-0.2, -0.15) is 5.26 Å². The number of rotatable bonds is 1. The van der Waals surface area contributed by atoms with Crippen LogP contribution >= 0.6 is 15.9 Å². The zero-order valence-corrected chi connectivity index (χ0v) is 11.0. The number of nitrogens with two attached hydrogens (primary N) is 1. The van der Waals surface area contributed by atoms with Crippen molar-refractivity contribution in [2.24, 2.45) is 5.73 Å². The fourth-order valence-corrected chi connectivity index (χ4v) is 2.04. The van der Waals surface area contributed by atoms with E-state index in [1.54, 1.807) is 6.92 Å². The highest BCUT2D eigenvalue weighted by Gasteiger charge is 2.03. The van der Waals surface area contributed by atoms with Crippen molar-refractivity contribution in [3.63, 3.8) is 0 Å². The van der Waals surface area contributed by atoms with Crippen LogP contribution < -0.4 is 5.73 Å². The Bertz CT molecular complexity index is 651. The second kappa shape index (κ2) is 4.60. The first-order valence-corrected chi connectivity index (χ1v) is 5.97. The van der Waals surface area contributed by atoms with E-state index >= 15 is 0 Å². The van der Waals surface area contributed by atoms with Gasteiger partial charge in [0.25, 0.3) is 0 Å². The summed E-state index contributed by atoms with van der Waals surface area (Å²) in [5, 5.41) is 11.1. The maximum absolute atomic E-state index is 8.82. The number of benzene rings is 2. The summed E-state index contributed by atoms with van der Waals surface area (Å²) in [7, 11) is 0.